The molecule has 1 atom stereocenters. The molecular weight excluding hydrogens is 250 g/mol. The molecule has 0 radical (unpaired) electrons. The third-order valence-corrected chi connectivity index (χ3v) is 3.49. The molecule has 0 amide bonds. The van der Waals surface area contributed by atoms with Gasteiger partial charge in [-0.25, -0.2) is 0 Å². The molecule has 0 aromatic heterocycles. The lowest BCUT2D eigenvalue weighted by molar-refractivity contribution is 0.194. The summed E-state index contributed by atoms with van der Waals surface area (Å²) in [5, 5.41) is 9.06. The smallest absolute Gasteiger partial charge is 0.119 e. The van der Waals surface area contributed by atoms with Crippen LogP contribution in [-0.4, -0.2) is 23.9 Å². The van der Waals surface area contributed by atoms with Crippen molar-refractivity contribution in [3.63, 3.8) is 0 Å². The van der Waals surface area contributed by atoms with Crippen molar-refractivity contribution in [2.45, 2.75) is 57.9 Å². The first-order valence-electron chi connectivity index (χ1n) is 7.38. The van der Waals surface area contributed by atoms with Gasteiger partial charge in [0.15, 0.2) is 0 Å². The van der Waals surface area contributed by atoms with Crippen LogP contribution in [0.2, 0.25) is 0 Å². The Kier molecular flexibility index (Phi) is 6.03. The SMILES string of the molecule is CC(N)(CO)CCCCOc1ccc(C(C)(C)C)cc1. The molecule has 3 N–H and O–H groups in total. The number of benzene rings is 1. The summed E-state index contributed by atoms with van der Waals surface area (Å²) >= 11 is 0. The van der Waals surface area contributed by atoms with Crippen molar-refractivity contribution < 1.29 is 9.84 Å². The van der Waals surface area contributed by atoms with Crippen LogP contribution in [0.25, 0.3) is 0 Å². The third kappa shape index (κ3) is 5.93. The predicted molar refractivity (Wildman–Crippen MR) is 84.2 cm³/mol. The van der Waals surface area contributed by atoms with Gasteiger partial charge in [0, 0.05) is 5.54 Å². The van der Waals surface area contributed by atoms with E-state index >= 15 is 0 Å². The number of unbranched alkanes of at least 4 members (excludes halogenated alkanes) is 1. The topological polar surface area (TPSA) is 55.5 Å². The average molecular weight is 279 g/mol. The van der Waals surface area contributed by atoms with Gasteiger partial charge in [-0.2, -0.15) is 0 Å². The molecule has 3 heteroatoms. The van der Waals surface area contributed by atoms with Crippen LogP contribution in [0.15, 0.2) is 24.3 Å². The Labute approximate surface area is 123 Å². The first kappa shape index (κ1) is 17.0. The van der Waals surface area contributed by atoms with Crippen LogP contribution in [0.4, 0.5) is 0 Å². The predicted octanol–water partition coefficient (Wildman–Crippen LogP) is 3.24. The largest absolute Gasteiger partial charge is 0.494 e. The summed E-state index contributed by atoms with van der Waals surface area (Å²) in [6, 6.07) is 8.30. The van der Waals surface area contributed by atoms with E-state index in [1.165, 1.54) is 5.56 Å². The second-order valence-electron chi connectivity index (χ2n) is 6.89. The fourth-order valence-corrected chi connectivity index (χ4v) is 1.95. The van der Waals surface area contributed by atoms with E-state index in [0.29, 0.717) is 6.61 Å². The minimum absolute atomic E-state index is 0.0299. The number of nitrogens with two attached hydrogens (primary N) is 1. The maximum atomic E-state index is 9.06. The van der Waals surface area contributed by atoms with Crippen molar-refractivity contribution in [2.24, 2.45) is 5.73 Å². The molecule has 114 valence electrons. The summed E-state index contributed by atoms with van der Waals surface area (Å²) in [6.07, 6.45) is 2.73. The molecule has 0 spiro atoms. The summed E-state index contributed by atoms with van der Waals surface area (Å²) in [5.74, 6) is 0.913. The van der Waals surface area contributed by atoms with Crippen LogP contribution in [-0.2, 0) is 5.41 Å². The minimum Gasteiger partial charge on any atom is -0.494 e. The van der Waals surface area contributed by atoms with Gasteiger partial charge in [0.1, 0.15) is 5.75 Å². The molecule has 1 rings (SSSR count). The molecule has 3 nitrogen and oxygen atoms in total. The Morgan fingerprint density at radius 3 is 2.15 bits per heavy atom. The maximum absolute atomic E-state index is 9.06. The van der Waals surface area contributed by atoms with E-state index in [1.807, 2.05) is 19.1 Å². The fraction of sp³-hybridized carbons (Fsp3) is 0.647. The Bertz CT molecular complexity index is 390. The summed E-state index contributed by atoms with van der Waals surface area (Å²) in [4.78, 5) is 0. The van der Waals surface area contributed by atoms with E-state index < -0.39 is 5.54 Å². The van der Waals surface area contributed by atoms with Gasteiger partial charge in [-0.15, -0.1) is 0 Å². The number of aliphatic hydroxyl groups is 1. The molecule has 1 aromatic rings. The van der Waals surface area contributed by atoms with E-state index in [1.54, 1.807) is 0 Å². The van der Waals surface area contributed by atoms with E-state index in [4.69, 9.17) is 15.6 Å². The highest BCUT2D eigenvalue weighted by Crippen LogP contribution is 2.24. The Morgan fingerprint density at radius 1 is 1.05 bits per heavy atom. The summed E-state index contributed by atoms with van der Waals surface area (Å²) in [5.41, 5.74) is 6.90. The lowest BCUT2D eigenvalue weighted by Gasteiger charge is -2.21. The first-order chi connectivity index (χ1) is 9.24. The highest BCUT2D eigenvalue weighted by molar-refractivity contribution is 5.31. The Morgan fingerprint density at radius 2 is 1.65 bits per heavy atom. The Hall–Kier alpha value is -1.06. The van der Waals surface area contributed by atoms with Gasteiger partial charge < -0.3 is 15.6 Å². The highest BCUT2D eigenvalue weighted by atomic mass is 16.5. The minimum atomic E-state index is -0.464. The number of rotatable bonds is 7. The molecule has 0 aliphatic heterocycles. The van der Waals surface area contributed by atoms with Crippen LogP contribution in [0.5, 0.6) is 5.75 Å². The molecule has 1 unspecified atom stereocenters. The summed E-state index contributed by atoms with van der Waals surface area (Å²) < 4.78 is 5.72. The van der Waals surface area contributed by atoms with Crippen molar-refractivity contribution in [1.82, 2.24) is 0 Å². The van der Waals surface area contributed by atoms with E-state index in [-0.39, 0.29) is 12.0 Å². The second-order valence-corrected chi connectivity index (χ2v) is 6.89. The summed E-state index contributed by atoms with van der Waals surface area (Å²) in [6.45, 7) is 9.20. The molecule has 0 aliphatic rings. The molecule has 1 aromatic carbocycles. The van der Waals surface area contributed by atoms with Crippen LogP contribution in [0.1, 0.15) is 52.5 Å². The van der Waals surface area contributed by atoms with Gasteiger partial charge in [0.25, 0.3) is 0 Å². The quantitative estimate of drug-likeness (QED) is 0.753. The molecular formula is C17H29NO2. The lowest BCUT2D eigenvalue weighted by Crippen LogP contribution is -2.39. The van der Waals surface area contributed by atoms with Crippen molar-refractivity contribution in [3.05, 3.63) is 29.8 Å². The highest BCUT2D eigenvalue weighted by Gasteiger charge is 2.16. The van der Waals surface area contributed by atoms with E-state index in [0.717, 1.165) is 25.0 Å². The van der Waals surface area contributed by atoms with Gasteiger partial charge in [-0.1, -0.05) is 32.9 Å². The van der Waals surface area contributed by atoms with E-state index in [2.05, 4.69) is 32.9 Å². The van der Waals surface area contributed by atoms with E-state index in [9.17, 15) is 0 Å². The molecule has 0 fully saturated rings. The van der Waals surface area contributed by atoms with Gasteiger partial charge in [-0.05, 0) is 49.3 Å². The number of hydrogen-bond acceptors (Lipinski definition) is 3. The number of aliphatic hydroxyl groups excluding tert-OH is 1. The zero-order chi connectivity index (χ0) is 15.2. The second kappa shape index (κ2) is 7.09. The molecule has 0 heterocycles. The molecule has 0 saturated carbocycles. The van der Waals surface area contributed by atoms with Crippen LogP contribution < -0.4 is 10.5 Å². The monoisotopic (exact) mass is 279 g/mol. The number of ether oxygens (including phenoxy) is 1. The Balaban J connectivity index is 2.29. The molecule has 0 aliphatic carbocycles. The zero-order valence-corrected chi connectivity index (χ0v) is 13.3. The van der Waals surface area contributed by atoms with Gasteiger partial charge in [0.05, 0.1) is 13.2 Å². The molecule has 0 bridgehead atoms. The zero-order valence-electron chi connectivity index (χ0n) is 13.3. The van der Waals surface area contributed by atoms with Crippen molar-refractivity contribution in [2.75, 3.05) is 13.2 Å². The van der Waals surface area contributed by atoms with Crippen molar-refractivity contribution >= 4 is 0 Å². The standard InChI is InChI=1S/C17H29NO2/c1-16(2,3)14-7-9-15(10-8-14)20-12-6-5-11-17(4,18)13-19/h7-10,19H,5-6,11-13,18H2,1-4H3. The van der Waals surface area contributed by atoms with Gasteiger partial charge in [0.2, 0.25) is 0 Å². The van der Waals surface area contributed by atoms with Gasteiger partial charge >= 0.3 is 0 Å². The summed E-state index contributed by atoms with van der Waals surface area (Å²) in [7, 11) is 0. The molecule has 20 heavy (non-hydrogen) atoms. The first-order valence-corrected chi connectivity index (χ1v) is 7.38. The molecule has 0 saturated heterocycles. The fourth-order valence-electron chi connectivity index (χ4n) is 1.95. The van der Waals surface area contributed by atoms with Crippen molar-refractivity contribution in [1.29, 1.82) is 0 Å². The normalized spacial score (nSPS) is 14.9. The van der Waals surface area contributed by atoms with Crippen LogP contribution in [0.3, 0.4) is 0 Å². The average Bonchev–Trinajstić information content (AvgIpc) is 2.38. The van der Waals surface area contributed by atoms with Crippen LogP contribution in [0, 0.1) is 0 Å². The number of hydrogen-bond donors (Lipinski definition) is 2. The van der Waals surface area contributed by atoms with Crippen LogP contribution >= 0.6 is 0 Å². The maximum Gasteiger partial charge on any atom is 0.119 e. The van der Waals surface area contributed by atoms with Crippen molar-refractivity contribution in [3.8, 4) is 5.75 Å². The lowest BCUT2D eigenvalue weighted by atomic mass is 9.87. The van der Waals surface area contributed by atoms with Gasteiger partial charge in [-0.3, -0.25) is 0 Å². The third-order valence-electron chi connectivity index (χ3n) is 3.49.